The Morgan fingerprint density at radius 3 is 2.29 bits per heavy atom. The minimum Gasteiger partial charge on any atom is -0.468 e. The van der Waals surface area contributed by atoms with Gasteiger partial charge in [0.25, 0.3) is 0 Å². The van der Waals surface area contributed by atoms with Crippen molar-refractivity contribution >= 4 is 0 Å². The fourth-order valence-corrected chi connectivity index (χ4v) is 2.38. The second kappa shape index (κ2) is 8.01. The Balaban J connectivity index is 1.85. The summed E-state index contributed by atoms with van der Waals surface area (Å²) in [6, 6.07) is 13.0. The van der Waals surface area contributed by atoms with Crippen molar-refractivity contribution in [1.82, 2.24) is 10.2 Å². The van der Waals surface area contributed by atoms with E-state index in [4.69, 9.17) is 4.42 Å². The van der Waals surface area contributed by atoms with E-state index in [-0.39, 0.29) is 6.04 Å². The van der Waals surface area contributed by atoms with Gasteiger partial charge in [0.2, 0.25) is 0 Å². The summed E-state index contributed by atoms with van der Waals surface area (Å²) in [4.78, 5) is 2.42. The van der Waals surface area contributed by atoms with Crippen LogP contribution in [0.3, 0.4) is 0 Å². The summed E-state index contributed by atoms with van der Waals surface area (Å²) >= 11 is 0. The van der Waals surface area contributed by atoms with Crippen LogP contribution in [0, 0.1) is 0 Å². The van der Waals surface area contributed by atoms with Crippen molar-refractivity contribution in [3.05, 3.63) is 59.5 Å². The molecule has 2 aromatic rings. The topological polar surface area (TPSA) is 28.4 Å². The first kappa shape index (κ1) is 15.8. The van der Waals surface area contributed by atoms with Crippen LogP contribution in [0.2, 0.25) is 0 Å². The molecule has 0 spiro atoms. The summed E-state index contributed by atoms with van der Waals surface area (Å²) in [7, 11) is 0. The summed E-state index contributed by atoms with van der Waals surface area (Å²) in [5.41, 5.74) is 2.68. The highest BCUT2D eigenvalue weighted by Gasteiger charge is 2.07. The Morgan fingerprint density at radius 1 is 1.05 bits per heavy atom. The highest BCUT2D eigenvalue weighted by Crippen LogP contribution is 2.14. The van der Waals surface area contributed by atoms with Crippen LogP contribution in [0.15, 0.2) is 47.1 Å². The van der Waals surface area contributed by atoms with Gasteiger partial charge in [0, 0.05) is 13.1 Å². The van der Waals surface area contributed by atoms with Gasteiger partial charge < -0.3 is 9.73 Å². The lowest BCUT2D eigenvalue weighted by molar-refractivity contribution is 0.296. The molecule has 1 atom stereocenters. The van der Waals surface area contributed by atoms with Crippen molar-refractivity contribution in [3.63, 3.8) is 0 Å². The summed E-state index contributed by atoms with van der Waals surface area (Å²) in [6.45, 7) is 10.6. The van der Waals surface area contributed by atoms with Gasteiger partial charge in [0.1, 0.15) is 5.76 Å². The molecule has 3 heteroatoms. The molecule has 1 heterocycles. The second-order valence-corrected chi connectivity index (χ2v) is 5.40. The van der Waals surface area contributed by atoms with Crippen LogP contribution >= 0.6 is 0 Å². The van der Waals surface area contributed by atoms with Crippen LogP contribution in [-0.4, -0.2) is 18.0 Å². The second-order valence-electron chi connectivity index (χ2n) is 5.40. The highest BCUT2D eigenvalue weighted by atomic mass is 16.3. The minimum atomic E-state index is 0.232. The first-order valence-electron chi connectivity index (χ1n) is 7.79. The predicted molar refractivity (Wildman–Crippen MR) is 87.0 cm³/mol. The van der Waals surface area contributed by atoms with E-state index < -0.39 is 0 Å². The normalized spacial score (nSPS) is 12.8. The molecule has 1 N–H and O–H groups in total. The molecule has 0 aliphatic heterocycles. The zero-order chi connectivity index (χ0) is 15.1. The fourth-order valence-electron chi connectivity index (χ4n) is 2.38. The van der Waals surface area contributed by atoms with Crippen LogP contribution in [0.5, 0.6) is 0 Å². The minimum absolute atomic E-state index is 0.232. The molecule has 21 heavy (non-hydrogen) atoms. The number of nitrogens with zero attached hydrogens (tertiary/aromatic N) is 1. The number of benzene rings is 1. The van der Waals surface area contributed by atoms with Gasteiger partial charge in [-0.1, -0.05) is 38.1 Å². The monoisotopic (exact) mass is 286 g/mol. The Labute approximate surface area is 128 Å². The number of nitrogens with one attached hydrogen (secondary N) is 1. The van der Waals surface area contributed by atoms with E-state index in [9.17, 15) is 0 Å². The van der Waals surface area contributed by atoms with Crippen molar-refractivity contribution in [3.8, 4) is 0 Å². The Kier molecular flexibility index (Phi) is 6.03. The van der Waals surface area contributed by atoms with Crippen LogP contribution < -0.4 is 5.32 Å². The Morgan fingerprint density at radius 2 is 1.71 bits per heavy atom. The Hall–Kier alpha value is -1.58. The molecule has 1 aromatic carbocycles. The number of rotatable bonds is 8. The average Bonchev–Trinajstić information content (AvgIpc) is 3.06. The fraction of sp³-hybridized carbons (Fsp3) is 0.444. The van der Waals surface area contributed by atoms with Crippen LogP contribution in [-0.2, 0) is 13.1 Å². The molecule has 0 aliphatic carbocycles. The van der Waals surface area contributed by atoms with Gasteiger partial charge in [0.05, 0.1) is 12.3 Å². The number of hydrogen-bond donors (Lipinski definition) is 1. The van der Waals surface area contributed by atoms with Crippen LogP contribution in [0.25, 0.3) is 0 Å². The molecular weight excluding hydrogens is 260 g/mol. The third-order valence-electron chi connectivity index (χ3n) is 3.91. The van der Waals surface area contributed by atoms with Crippen molar-refractivity contribution in [1.29, 1.82) is 0 Å². The van der Waals surface area contributed by atoms with Gasteiger partial charge in [-0.2, -0.15) is 0 Å². The lowest BCUT2D eigenvalue weighted by Crippen LogP contribution is -2.22. The van der Waals surface area contributed by atoms with Gasteiger partial charge in [-0.25, -0.2) is 0 Å². The summed E-state index contributed by atoms with van der Waals surface area (Å²) in [5, 5.41) is 3.48. The molecule has 0 bridgehead atoms. The Bertz CT molecular complexity index is 501. The highest BCUT2D eigenvalue weighted by molar-refractivity contribution is 5.22. The molecule has 1 aromatic heterocycles. The van der Waals surface area contributed by atoms with Crippen molar-refractivity contribution in [2.45, 2.75) is 39.9 Å². The predicted octanol–water partition coefficient (Wildman–Crippen LogP) is 3.97. The van der Waals surface area contributed by atoms with E-state index in [1.807, 2.05) is 12.1 Å². The molecule has 114 valence electrons. The quantitative estimate of drug-likeness (QED) is 0.796. The summed E-state index contributed by atoms with van der Waals surface area (Å²) in [6.07, 6.45) is 1.72. The van der Waals surface area contributed by atoms with E-state index >= 15 is 0 Å². The van der Waals surface area contributed by atoms with Gasteiger partial charge in [-0.3, -0.25) is 4.90 Å². The molecular formula is C18H26N2O. The SMILES string of the molecule is CCN(CC)Cc1ccc(CNC(C)c2ccco2)cc1. The van der Waals surface area contributed by atoms with Gasteiger partial charge >= 0.3 is 0 Å². The standard InChI is InChI=1S/C18H26N2O/c1-4-20(5-2)14-17-10-8-16(9-11-17)13-19-15(3)18-7-6-12-21-18/h6-12,15,19H,4-5,13-14H2,1-3H3. The molecule has 1 unspecified atom stereocenters. The van der Waals surface area contributed by atoms with Crippen molar-refractivity contribution in [2.24, 2.45) is 0 Å². The maximum Gasteiger partial charge on any atom is 0.120 e. The zero-order valence-electron chi connectivity index (χ0n) is 13.3. The van der Waals surface area contributed by atoms with Gasteiger partial charge in [-0.15, -0.1) is 0 Å². The summed E-state index contributed by atoms with van der Waals surface area (Å²) < 4.78 is 5.40. The third kappa shape index (κ3) is 4.73. The molecule has 2 rings (SSSR count). The molecule has 0 aliphatic rings. The van der Waals surface area contributed by atoms with Crippen molar-refractivity contribution < 1.29 is 4.42 Å². The largest absolute Gasteiger partial charge is 0.468 e. The lowest BCUT2D eigenvalue weighted by atomic mass is 10.1. The van der Waals surface area contributed by atoms with Crippen molar-refractivity contribution in [2.75, 3.05) is 13.1 Å². The maximum atomic E-state index is 5.40. The third-order valence-corrected chi connectivity index (χ3v) is 3.91. The molecule has 3 nitrogen and oxygen atoms in total. The average molecular weight is 286 g/mol. The number of furan rings is 1. The lowest BCUT2D eigenvalue weighted by Gasteiger charge is -2.18. The first-order chi connectivity index (χ1) is 10.2. The zero-order valence-corrected chi connectivity index (χ0v) is 13.3. The van der Waals surface area contributed by atoms with Gasteiger partial charge in [0.15, 0.2) is 0 Å². The van der Waals surface area contributed by atoms with Crippen LogP contribution in [0.4, 0.5) is 0 Å². The smallest absolute Gasteiger partial charge is 0.120 e. The van der Waals surface area contributed by atoms with E-state index in [2.05, 4.69) is 55.3 Å². The van der Waals surface area contributed by atoms with Crippen LogP contribution in [0.1, 0.15) is 43.7 Å². The van der Waals surface area contributed by atoms with E-state index in [0.29, 0.717) is 0 Å². The van der Waals surface area contributed by atoms with E-state index in [1.165, 1.54) is 11.1 Å². The van der Waals surface area contributed by atoms with E-state index in [1.54, 1.807) is 6.26 Å². The maximum absolute atomic E-state index is 5.40. The number of hydrogen-bond acceptors (Lipinski definition) is 3. The first-order valence-corrected chi connectivity index (χ1v) is 7.79. The summed E-state index contributed by atoms with van der Waals surface area (Å²) in [5.74, 6) is 0.980. The molecule has 0 saturated heterocycles. The van der Waals surface area contributed by atoms with E-state index in [0.717, 1.165) is 31.9 Å². The molecule has 0 fully saturated rings. The molecule has 0 radical (unpaired) electrons. The molecule has 0 saturated carbocycles. The molecule has 0 amide bonds. The van der Waals surface area contributed by atoms with Gasteiger partial charge in [-0.05, 0) is 43.3 Å².